The summed E-state index contributed by atoms with van der Waals surface area (Å²) in [6.07, 6.45) is 0. The van der Waals surface area contributed by atoms with E-state index in [0.29, 0.717) is 0 Å². The topological polar surface area (TPSA) is 24.9 Å². The summed E-state index contributed by atoms with van der Waals surface area (Å²) in [7, 11) is 0. The van der Waals surface area contributed by atoms with Crippen LogP contribution in [-0.4, -0.2) is 6.71 Å². The third-order valence-electron chi connectivity index (χ3n) is 10.2. The van der Waals surface area contributed by atoms with Gasteiger partial charge in [0.15, 0.2) is 0 Å². The predicted octanol–water partition coefficient (Wildman–Crippen LogP) is 10.8. The Bertz CT molecular complexity index is 2500. The van der Waals surface area contributed by atoms with Crippen LogP contribution in [0.1, 0.15) is 5.56 Å². The molecule has 10 rings (SSSR count). The summed E-state index contributed by atoms with van der Waals surface area (Å²) in [5.74, 6) is 3.38. The molecule has 0 spiro atoms. The van der Waals surface area contributed by atoms with Crippen molar-refractivity contribution in [3.05, 3.63) is 188 Å². The van der Waals surface area contributed by atoms with Crippen molar-refractivity contribution in [1.82, 2.24) is 0 Å². The van der Waals surface area contributed by atoms with E-state index in [1.165, 1.54) is 0 Å². The molecule has 0 bridgehead atoms. The molecule has 0 amide bonds. The minimum absolute atomic E-state index is 0.0881. The fourth-order valence-electron chi connectivity index (χ4n) is 7.97. The predicted molar refractivity (Wildman–Crippen MR) is 216 cm³/mol. The quantitative estimate of drug-likeness (QED) is 0.165. The molecule has 0 atom stereocenters. The Balaban J connectivity index is 1.20. The first kappa shape index (κ1) is 30.1. The van der Waals surface area contributed by atoms with Crippen molar-refractivity contribution in [1.29, 1.82) is 0 Å². The molecule has 2 aliphatic rings. The molecular weight excluding hydrogens is 635 g/mol. The van der Waals surface area contributed by atoms with Gasteiger partial charge in [-0.3, -0.25) is 0 Å². The maximum atomic E-state index is 6.95. The average molecular weight is 669 g/mol. The lowest BCUT2D eigenvalue weighted by Crippen LogP contribution is -2.57. The third kappa shape index (κ3) is 4.93. The number of nitrogens with zero attached hydrogens (tertiary/aromatic N) is 2. The summed E-state index contributed by atoms with van der Waals surface area (Å²) in [4.78, 5) is 4.61. The van der Waals surface area contributed by atoms with Gasteiger partial charge in [-0.15, -0.1) is 0 Å². The molecule has 0 aromatic heterocycles. The highest BCUT2D eigenvalue weighted by Crippen LogP contribution is 2.45. The molecule has 0 radical (unpaired) electrons. The van der Waals surface area contributed by atoms with Gasteiger partial charge in [0.2, 0.25) is 0 Å². The number of para-hydroxylation sites is 4. The Kier molecular flexibility index (Phi) is 7.10. The van der Waals surface area contributed by atoms with E-state index in [2.05, 4.69) is 199 Å². The van der Waals surface area contributed by atoms with Crippen LogP contribution in [-0.2, 0) is 0 Å². The largest absolute Gasteiger partial charge is 0.458 e. The van der Waals surface area contributed by atoms with E-state index in [0.717, 1.165) is 89.8 Å². The number of hydrogen-bond acceptors (Lipinski definition) is 4. The molecule has 0 N–H and O–H groups in total. The van der Waals surface area contributed by atoms with Gasteiger partial charge in [-0.1, -0.05) is 103 Å². The van der Waals surface area contributed by atoms with E-state index in [1.54, 1.807) is 0 Å². The molecule has 0 fully saturated rings. The second-order valence-corrected chi connectivity index (χ2v) is 13.4. The summed E-state index contributed by atoms with van der Waals surface area (Å²) in [5.41, 5.74) is 10.8. The molecule has 246 valence electrons. The molecule has 4 nitrogen and oxygen atoms in total. The standard InChI is InChI=1S/C47H33BN2O2/c1-32-28-43-47-44(29-32)52-45-31-41(50(35-20-10-4-11-21-35)36-22-12-5-13-23-36)38-24-14-15-25-39(38)46(45)48(47)40-27-26-37(30-42(40)51-43)49(33-16-6-2-7-17-33)34-18-8-3-9-19-34/h2-31H,1H3. The highest BCUT2D eigenvalue weighted by atomic mass is 16.5. The molecule has 0 aliphatic carbocycles. The summed E-state index contributed by atoms with van der Waals surface area (Å²) < 4.78 is 13.8. The van der Waals surface area contributed by atoms with Crippen LogP contribution < -0.4 is 35.7 Å². The number of anilines is 6. The smallest absolute Gasteiger partial charge is 0.261 e. The van der Waals surface area contributed by atoms with E-state index in [-0.39, 0.29) is 6.71 Å². The number of benzene rings is 8. The fourth-order valence-corrected chi connectivity index (χ4v) is 7.97. The molecule has 52 heavy (non-hydrogen) atoms. The SMILES string of the molecule is Cc1cc2c3c(c1)Oc1cc(N(c4ccccc4)c4ccccc4)c4ccccc4c1B3c1ccc(N(c3ccccc3)c3ccccc3)cc1O2. The first-order valence-electron chi connectivity index (χ1n) is 17.7. The van der Waals surface area contributed by atoms with Crippen LogP contribution in [0, 0.1) is 6.92 Å². The Morgan fingerprint density at radius 3 is 1.40 bits per heavy atom. The Morgan fingerprint density at radius 2 is 0.846 bits per heavy atom. The van der Waals surface area contributed by atoms with E-state index in [1.807, 2.05) is 0 Å². The van der Waals surface area contributed by atoms with Crippen molar-refractivity contribution in [3.63, 3.8) is 0 Å². The molecule has 5 heteroatoms. The summed E-state index contributed by atoms with van der Waals surface area (Å²) in [6.45, 7) is 2.01. The van der Waals surface area contributed by atoms with Gasteiger partial charge in [0.25, 0.3) is 6.71 Å². The van der Waals surface area contributed by atoms with Crippen LogP contribution in [0.4, 0.5) is 34.1 Å². The van der Waals surface area contributed by atoms with Gasteiger partial charge in [0.05, 0.1) is 5.69 Å². The summed E-state index contributed by atoms with van der Waals surface area (Å²) in [5, 5.41) is 2.31. The van der Waals surface area contributed by atoms with Gasteiger partial charge in [-0.25, -0.2) is 0 Å². The van der Waals surface area contributed by atoms with Gasteiger partial charge in [-0.2, -0.15) is 0 Å². The molecular formula is C47H33BN2O2. The zero-order valence-corrected chi connectivity index (χ0v) is 28.6. The van der Waals surface area contributed by atoms with Gasteiger partial charge in [0, 0.05) is 51.4 Å². The lowest BCUT2D eigenvalue weighted by molar-refractivity contribution is 0.464. The highest BCUT2D eigenvalue weighted by molar-refractivity contribution is 6.99. The van der Waals surface area contributed by atoms with Gasteiger partial charge in [0.1, 0.15) is 23.0 Å². The van der Waals surface area contributed by atoms with Crippen LogP contribution in [0.15, 0.2) is 182 Å². The summed E-state index contributed by atoms with van der Waals surface area (Å²) >= 11 is 0. The van der Waals surface area contributed by atoms with Crippen molar-refractivity contribution in [3.8, 4) is 23.0 Å². The zero-order chi connectivity index (χ0) is 34.6. The van der Waals surface area contributed by atoms with Crippen molar-refractivity contribution < 1.29 is 9.47 Å². The molecule has 2 heterocycles. The highest BCUT2D eigenvalue weighted by Gasteiger charge is 2.42. The fraction of sp³-hybridized carbons (Fsp3) is 0.0213. The van der Waals surface area contributed by atoms with Crippen LogP contribution >= 0.6 is 0 Å². The number of rotatable bonds is 6. The number of hydrogen-bond donors (Lipinski definition) is 0. The minimum Gasteiger partial charge on any atom is -0.458 e. The minimum atomic E-state index is -0.0881. The average Bonchev–Trinajstić information content (AvgIpc) is 3.19. The van der Waals surface area contributed by atoms with Crippen molar-refractivity contribution in [2.24, 2.45) is 0 Å². The lowest BCUT2D eigenvalue weighted by atomic mass is 9.34. The number of aryl methyl sites for hydroxylation is 1. The Labute approximate surface area is 303 Å². The Hall–Kier alpha value is -6.72. The maximum absolute atomic E-state index is 6.95. The van der Waals surface area contributed by atoms with Crippen LogP contribution in [0.25, 0.3) is 10.8 Å². The normalized spacial score (nSPS) is 12.2. The van der Waals surface area contributed by atoms with E-state index < -0.39 is 0 Å². The number of ether oxygens (including phenoxy) is 2. The van der Waals surface area contributed by atoms with E-state index in [9.17, 15) is 0 Å². The van der Waals surface area contributed by atoms with Gasteiger partial charge >= 0.3 is 0 Å². The molecule has 8 aromatic rings. The first-order valence-corrected chi connectivity index (χ1v) is 17.7. The second kappa shape index (κ2) is 12.3. The third-order valence-corrected chi connectivity index (χ3v) is 10.2. The van der Waals surface area contributed by atoms with Gasteiger partial charge < -0.3 is 19.3 Å². The van der Waals surface area contributed by atoms with Crippen LogP contribution in [0.5, 0.6) is 23.0 Å². The van der Waals surface area contributed by atoms with Crippen LogP contribution in [0.3, 0.4) is 0 Å². The number of fused-ring (bicyclic) bond motifs is 6. The van der Waals surface area contributed by atoms with Gasteiger partial charge in [-0.05, 0) is 95.5 Å². The molecule has 2 aliphatic heterocycles. The molecule has 0 saturated carbocycles. The van der Waals surface area contributed by atoms with E-state index in [4.69, 9.17) is 9.47 Å². The monoisotopic (exact) mass is 668 g/mol. The molecule has 0 unspecified atom stereocenters. The molecule has 0 saturated heterocycles. The van der Waals surface area contributed by atoms with Crippen molar-refractivity contribution in [2.75, 3.05) is 9.80 Å². The zero-order valence-electron chi connectivity index (χ0n) is 28.6. The maximum Gasteiger partial charge on any atom is 0.261 e. The van der Waals surface area contributed by atoms with Crippen LogP contribution in [0.2, 0.25) is 0 Å². The lowest BCUT2D eigenvalue weighted by Gasteiger charge is -2.36. The second-order valence-electron chi connectivity index (χ2n) is 13.4. The van der Waals surface area contributed by atoms with Crippen molar-refractivity contribution in [2.45, 2.75) is 6.92 Å². The van der Waals surface area contributed by atoms with E-state index >= 15 is 0 Å². The van der Waals surface area contributed by atoms with Crippen molar-refractivity contribution >= 4 is 68.0 Å². The first-order chi connectivity index (χ1) is 25.7. The summed E-state index contributed by atoms with van der Waals surface area (Å²) in [6, 6.07) is 64.0. The molecule has 8 aromatic carbocycles. The Morgan fingerprint density at radius 1 is 0.385 bits per heavy atom.